The van der Waals surface area contributed by atoms with Crippen molar-refractivity contribution < 1.29 is 13.2 Å². The topological polar surface area (TPSA) is 26.0 Å². The average Bonchev–Trinajstić information content (AvgIpc) is 2.77. The number of rotatable bonds is 2. The van der Waals surface area contributed by atoms with E-state index in [9.17, 15) is 13.2 Å². The molecular formula is C14H18F3N. The zero-order valence-electron chi connectivity index (χ0n) is 10.5. The second-order valence-electron chi connectivity index (χ2n) is 5.22. The van der Waals surface area contributed by atoms with E-state index in [0.717, 1.165) is 31.2 Å². The molecule has 0 saturated heterocycles. The van der Waals surface area contributed by atoms with Gasteiger partial charge in [-0.1, -0.05) is 18.9 Å². The van der Waals surface area contributed by atoms with Gasteiger partial charge in [0, 0.05) is 12.0 Å². The van der Waals surface area contributed by atoms with Crippen molar-refractivity contribution in [3.8, 4) is 0 Å². The molecule has 0 aromatic heterocycles. The molecule has 18 heavy (non-hydrogen) atoms. The van der Waals surface area contributed by atoms with Gasteiger partial charge >= 0.3 is 6.18 Å². The predicted octanol–water partition coefficient (Wildman–Crippen LogP) is 3.78. The van der Waals surface area contributed by atoms with Crippen LogP contribution in [0.4, 0.5) is 13.2 Å². The van der Waals surface area contributed by atoms with Crippen LogP contribution in [0.1, 0.15) is 42.4 Å². The van der Waals surface area contributed by atoms with Gasteiger partial charge in [-0.2, -0.15) is 13.2 Å². The Bertz CT molecular complexity index is 431. The van der Waals surface area contributed by atoms with Crippen molar-refractivity contribution >= 4 is 0 Å². The largest absolute Gasteiger partial charge is 0.416 e. The Morgan fingerprint density at radius 1 is 1.22 bits per heavy atom. The second kappa shape index (κ2) is 4.57. The summed E-state index contributed by atoms with van der Waals surface area (Å²) in [5, 5.41) is 0. The Labute approximate surface area is 105 Å². The van der Waals surface area contributed by atoms with Crippen molar-refractivity contribution in [3.63, 3.8) is 0 Å². The fraction of sp³-hybridized carbons (Fsp3) is 0.571. The predicted molar refractivity (Wildman–Crippen MR) is 65.4 cm³/mol. The van der Waals surface area contributed by atoms with Gasteiger partial charge < -0.3 is 5.73 Å². The van der Waals surface area contributed by atoms with E-state index in [2.05, 4.69) is 0 Å². The number of aryl methyl sites for hydroxylation is 1. The second-order valence-corrected chi connectivity index (χ2v) is 5.22. The lowest BCUT2D eigenvalue weighted by molar-refractivity contribution is -0.137. The lowest BCUT2D eigenvalue weighted by Crippen LogP contribution is -2.32. The summed E-state index contributed by atoms with van der Waals surface area (Å²) < 4.78 is 37.9. The molecule has 0 amide bonds. The van der Waals surface area contributed by atoms with Crippen LogP contribution in [0.5, 0.6) is 0 Å². The molecule has 1 aromatic carbocycles. The molecule has 2 N–H and O–H groups in total. The van der Waals surface area contributed by atoms with E-state index in [4.69, 9.17) is 5.73 Å². The third-order valence-corrected chi connectivity index (χ3v) is 4.08. The summed E-state index contributed by atoms with van der Waals surface area (Å²) in [4.78, 5) is 0. The minimum Gasteiger partial charge on any atom is -0.330 e. The number of benzene rings is 1. The van der Waals surface area contributed by atoms with Gasteiger partial charge in [0.2, 0.25) is 0 Å². The number of hydrogen-bond acceptors (Lipinski definition) is 1. The smallest absolute Gasteiger partial charge is 0.330 e. The van der Waals surface area contributed by atoms with E-state index in [0.29, 0.717) is 12.1 Å². The van der Waals surface area contributed by atoms with Gasteiger partial charge in [-0.05, 0) is 43.0 Å². The minimum absolute atomic E-state index is 0.103. The quantitative estimate of drug-likeness (QED) is 0.857. The Balaban J connectivity index is 2.41. The van der Waals surface area contributed by atoms with E-state index in [1.54, 1.807) is 13.0 Å². The van der Waals surface area contributed by atoms with Crippen LogP contribution >= 0.6 is 0 Å². The zero-order valence-corrected chi connectivity index (χ0v) is 10.5. The van der Waals surface area contributed by atoms with Gasteiger partial charge in [-0.25, -0.2) is 0 Å². The number of nitrogens with two attached hydrogens (primary N) is 1. The molecule has 1 fully saturated rings. The summed E-state index contributed by atoms with van der Waals surface area (Å²) >= 11 is 0. The maximum absolute atomic E-state index is 12.6. The summed E-state index contributed by atoms with van der Waals surface area (Å²) in [5.41, 5.74) is 6.89. The Morgan fingerprint density at radius 2 is 1.83 bits per heavy atom. The molecule has 0 radical (unpaired) electrons. The van der Waals surface area contributed by atoms with Crippen molar-refractivity contribution in [2.45, 2.75) is 44.2 Å². The summed E-state index contributed by atoms with van der Waals surface area (Å²) in [6.07, 6.45) is -0.0877. The molecule has 1 aromatic rings. The summed E-state index contributed by atoms with van der Waals surface area (Å²) in [7, 11) is 0. The summed E-state index contributed by atoms with van der Waals surface area (Å²) in [5.74, 6) is 0. The summed E-state index contributed by atoms with van der Waals surface area (Å²) in [6, 6.07) is 4.04. The normalized spacial score (nSPS) is 19.2. The molecule has 0 spiro atoms. The van der Waals surface area contributed by atoms with Crippen LogP contribution in [0, 0.1) is 6.92 Å². The van der Waals surface area contributed by atoms with E-state index in [-0.39, 0.29) is 5.41 Å². The third-order valence-electron chi connectivity index (χ3n) is 4.08. The van der Waals surface area contributed by atoms with Gasteiger partial charge in [-0.3, -0.25) is 0 Å². The molecule has 1 aliphatic carbocycles. The lowest BCUT2D eigenvalue weighted by Gasteiger charge is -2.30. The number of halogens is 3. The van der Waals surface area contributed by atoms with Gasteiger partial charge in [0.05, 0.1) is 5.56 Å². The molecule has 1 nitrogen and oxygen atoms in total. The van der Waals surface area contributed by atoms with Crippen LogP contribution in [-0.2, 0) is 11.6 Å². The average molecular weight is 257 g/mol. The standard InChI is InChI=1S/C14H18F3N/c1-10-8-11(14(15,16)17)4-5-12(10)13(9-18)6-2-3-7-13/h4-5,8H,2-3,6-7,9,18H2,1H3. The summed E-state index contributed by atoms with van der Waals surface area (Å²) in [6.45, 7) is 2.26. The van der Waals surface area contributed by atoms with Crippen molar-refractivity contribution in [2.75, 3.05) is 6.54 Å². The maximum Gasteiger partial charge on any atom is 0.416 e. The van der Waals surface area contributed by atoms with Crippen molar-refractivity contribution in [1.82, 2.24) is 0 Å². The number of alkyl halides is 3. The van der Waals surface area contributed by atoms with E-state index in [1.807, 2.05) is 0 Å². The molecule has 1 aliphatic rings. The highest BCUT2D eigenvalue weighted by Gasteiger charge is 2.37. The molecule has 0 aliphatic heterocycles. The third kappa shape index (κ3) is 2.26. The minimum atomic E-state index is -4.27. The van der Waals surface area contributed by atoms with E-state index >= 15 is 0 Å². The first-order valence-corrected chi connectivity index (χ1v) is 6.27. The van der Waals surface area contributed by atoms with Crippen LogP contribution in [-0.4, -0.2) is 6.54 Å². The van der Waals surface area contributed by atoms with E-state index < -0.39 is 11.7 Å². The van der Waals surface area contributed by atoms with Crippen molar-refractivity contribution in [1.29, 1.82) is 0 Å². The maximum atomic E-state index is 12.6. The highest BCUT2D eigenvalue weighted by molar-refractivity contribution is 5.38. The molecule has 4 heteroatoms. The van der Waals surface area contributed by atoms with Gasteiger partial charge in [0.1, 0.15) is 0 Å². The fourth-order valence-corrected chi connectivity index (χ4v) is 3.07. The highest BCUT2D eigenvalue weighted by atomic mass is 19.4. The van der Waals surface area contributed by atoms with Crippen molar-refractivity contribution in [3.05, 3.63) is 34.9 Å². The molecule has 100 valence electrons. The Kier molecular flexibility index (Phi) is 3.41. The molecule has 2 rings (SSSR count). The first kappa shape index (κ1) is 13.4. The number of hydrogen-bond donors (Lipinski definition) is 1. The molecular weight excluding hydrogens is 239 g/mol. The van der Waals surface area contributed by atoms with Crippen molar-refractivity contribution in [2.24, 2.45) is 5.73 Å². The highest BCUT2D eigenvalue weighted by Crippen LogP contribution is 2.42. The van der Waals surface area contributed by atoms with E-state index in [1.165, 1.54) is 12.1 Å². The van der Waals surface area contributed by atoms with Crippen LogP contribution in [0.25, 0.3) is 0 Å². The Morgan fingerprint density at radius 3 is 2.28 bits per heavy atom. The molecule has 0 bridgehead atoms. The lowest BCUT2D eigenvalue weighted by atomic mass is 9.76. The van der Waals surface area contributed by atoms with Gasteiger partial charge in [-0.15, -0.1) is 0 Å². The first-order chi connectivity index (χ1) is 8.39. The zero-order chi connectivity index (χ0) is 13.4. The van der Waals surface area contributed by atoms with Crippen LogP contribution in [0.2, 0.25) is 0 Å². The monoisotopic (exact) mass is 257 g/mol. The van der Waals surface area contributed by atoms with Crippen LogP contribution in [0.3, 0.4) is 0 Å². The SMILES string of the molecule is Cc1cc(C(F)(F)F)ccc1C1(CN)CCCC1. The van der Waals surface area contributed by atoms with Gasteiger partial charge in [0.15, 0.2) is 0 Å². The fourth-order valence-electron chi connectivity index (χ4n) is 3.07. The van der Waals surface area contributed by atoms with Gasteiger partial charge in [0.25, 0.3) is 0 Å². The first-order valence-electron chi connectivity index (χ1n) is 6.27. The molecule has 0 atom stereocenters. The molecule has 0 heterocycles. The van der Waals surface area contributed by atoms with Crippen LogP contribution in [0.15, 0.2) is 18.2 Å². The van der Waals surface area contributed by atoms with Crippen LogP contribution < -0.4 is 5.73 Å². The molecule has 0 unspecified atom stereocenters. The Hall–Kier alpha value is -1.03. The molecule has 1 saturated carbocycles.